The van der Waals surface area contributed by atoms with Crippen molar-refractivity contribution in [1.29, 1.82) is 0 Å². The second-order valence-corrected chi connectivity index (χ2v) is 9.67. The number of nitrogens with one attached hydrogen (secondary N) is 2. The van der Waals surface area contributed by atoms with Crippen molar-refractivity contribution in [3.63, 3.8) is 0 Å². The number of nitrogens with zero attached hydrogens (tertiary/aromatic N) is 1. The molecule has 5 rings (SSSR count). The predicted molar refractivity (Wildman–Crippen MR) is 123 cm³/mol. The van der Waals surface area contributed by atoms with Crippen LogP contribution in [0.15, 0.2) is 23.2 Å². The van der Waals surface area contributed by atoms with Gasteiger partial charge in [0, 0.05) is 30.0 Å². The molecule has 0 unspecified atom stereocenters. The van der Waals surface area contributed by atoms with Crippen LogP contribution in [0.2, 0.25) is 0 Å². The molecule has 0 amide bonds. The van der Waals surface area contributed by atoms with Crippen LogP contribution in [0.4, 0.5) is 5.69 Å². The molecule has 1 saturated carbocycles. The van der Waals surface area contributed by atoms with E-state index in [2.05, 4.69) is 35.4 Å². The molecule has 1 saturated heterocycles. The number of aliphatic imine (C=N–C) groups is 1. The van der Waals surface area contributed by atoms with Gasteiger partial charge >= 0.3 is 5.97 Å². The number of aromatic amines is 1. The first-order valence-corrected chi connectivity index (χ1v) is 12.0. The lowest BCUT2D eigenvalue weighted by Crippen LogP contribution is -2.39. The van der Waals surface area contributed by atoms with Crippen LogP contribution in [0, 0.1) is 6.92 Å². The van der Waals surface area contributed by atoms with Gasteiger partial charge in [0.1, 0.15) is 5.04 Å². The smallest absolute Gasteiger partial charge is 0.307 e. The van der Waals surface area contributed by atoms with Crippen LogP contribution in [0.3, 0.4) is 0 Å². The first-order valence-electron chi connectivity index (χ1n) is 11.0. The zero-order valence-corrected chi connectivity index (χ0v) is 18.8. The molecule has 2 aromatic rings. The Bertz CT molecular complexity index is 1000. The molecule has 31 heavy (non-hydrogen) atoms. The number of aromatic nitrogens is 1. The van der Waals surface area contributed by atoms with E-state index in [-0.39, 0.29) is 17.8 Å². The molecule has 0 radical (unpaired) electrons. The average molecular weight is 444 g/mol. The number of hydrogen-bond donors (Lipinski definition) is 2. The lowest BCUT2D eigenvalue weighted by atomic mass is 9.90. The van der Waals surface area contributed by atoms with Crippen LogP contribution in [-0.4, -0.2) is 59.9 Å². The van der Waals surface area contributed by atoms with Gasteiger partial charge in [-0.15, -0.1) is 11.8 Å². The Balaban J connectivity index is 1.33. The van der Waals surface area contributed by atoms with Gasteiger partial charge in [0.2, 0.25) is 0 Å². The van der Waals surface area contributed by atoms with E-state index in [0.29, 0.717) is 25.7 Å². The molecule has 0 bridgehead atoms. The van der Waals surface area contributed by atoms with Gasteiger partial charge in [0.15, 0.2) is 5.79 Å². The van der Waals surface area contributed by atoms with Crippen molar-refractivity contribution in [1.82, 2.24) is 4.98 Å². The highest BCUT2D eigenvalue weighted by atomic mass is 32.2. The Morgan fingerprint density at radius 2 is 2.06 bits per heavy atom. The van der Waals surface area contributed by atoms with Gasteiger partial charge in [-0.05, 0) is 43.5 Å². The van der Waals surface area contributed by atoms with Crippen LogP contribution in [0.5, 0.6) is 0 Å². The number of carbonyl (C=O) groups is 1. The molecule has 2 fully saturated rings. The summed E-state index contributed by atoms with van der Waals surface area (Å²) in [5.41, 5.74) is 4.47. The Labute approximate surface area is 186 Å². The summed E-state index contributed by atoms with van der Waals surface area (Å²) < 4.78 is 16.5. The van der Waals surface area contributed by atoms with E-state index in [1.165, 1.54) is 18.1 Å². The standard InChI is InChI=1S/C23H29N3O4S/c1-14-9-15-11-19(22-25-17(13-31-22)12-20(27)28-2)26-21(15)18(10-14)24-16-3-5-23(6-4-16)29-7-8-30-23/h9-11,16-17,24,26H,3-8,12-13H2,1-2H3/t17-/m1/s1. The Hall–Kier alpha value is -2.03. The van der Waals surface area contributed by atoms with Crippen molar-refractivity contribution in [3.05, 3.63) is 29.5 Å². The molecule has 2 aliphatic heterocycles. The number of esters is 1. The SMILES string of the molecule is COC(=O)C[C@@H]1CSC(c2cc3cc(C)cc(NC4CCC5(CC4)OCCO5)c3[nH]2)=N1. The molecule has 1 aliphatic carbocycles. The highest BCUT2D eigenvalue weighted by Gasteiger charge is 2.40. The van der Waals surface area contributed by atoms with Gasteiger partial charge in [-0.25, -0.2) is 0 Å². The third-order valence-electron chi connectivity index (χ3n) is 6.37. The molecule has 1 atom stereocenters. The molecule has 7 nitrogen and oxygen atoms in total. The molecule has 1 aromatic carbocycles. The van der Waals surface area contributed by atoms with E-state index in [0.717, 1.165) is 53.4 Å². The highest BCUT2D eigenvalue weighted by Crippen LogP contribution is 2.38. The summed E-state index contributed by atoms with van der Waals surface area (Å²) in [6, 6.07) is 6.95. The number of ether oxygens (including phenoxy) is 3. The van der Waals surface area contributed by atoms with Crippen LogP contribution >= 0.6 is 11.8 Å². The van der Waals surface area contributed by atoms with Gasteiger partial charge in [0.25, 0.3) is 0 Å². The lowest BCUT2D eigenvalue weighted by Gasteiger charge is -2.36. The van der Waals surface area contributed by atoms with Crippen molar-refractivity contribution in [2.45, 2.75) is 56.9 Å². The summed E-state index contributed by atoms with van der Waals surface area (Å²) in [7, 11) is 1.42. The van der Waals surface area contributed by atoms with Gasteiger partial charge < -0.3 is 24.5 Å². The number of H-pyrrole nitrogens is 1. The van der Waals surface area contributed by atoms with Crippen molar-refractivity contribution in [2.75, 3.05) is 31.4 Å². The third-order valence-corrected chi connectivity index (χ3v) is 7.52. The number of rotatable bonds is 5. The number of fused-ring (bicyclic) bond motifs is 1. The second-order valence-electron chi connectivity index (χ2n) is 8.67. The largest absolute Gasteiger partial charge is 0.469 e. The lowest BCUT2D eigenvalue weighted by molar-refractivity contribution is -0.177. The minimum absolute atomic E-state index is 0.0206. The Morgan fingerprint density at radius 3 is 2.81 bits per heavy atom. The van der Waals surface area contributed by atoms with Crippen molar-refractivity contribution < 1.29 is 19.0 Å². The summed E-state index contributed by atoms with van der Waals surface area (Å²) >= 11 is 1.69. The topological polar surface area (TPSA) is 84.9 Å². The van der Waals surface area contributed by atoms with Crippen molar-refractivity contribution in [3.8, 4) is 0 Å². The second kappa shape index (κ2) is 8.48. The van der Waals surface area contributed by atoms with Gasteiger partial charge in [-0.3, -0.25) is 9.79 Å². The average Bonchev–Trinajstić information content (AvgIpc) is 3.50. The summed E-state index contributed by atoms with van der Waals surface area (Å²) in [4.78, 5) is 19.9. The van der Waals surface area contributed by atoms with E-state index < -0.39 is 0 Å². The molecule has 2 N–H and O–H groups in total. The maximum atomic E-state index is 11.6. The first kappa shape index (κ1) is 20.8. The van der Waals surface area contributed by atoms with Crippen LogP contribution in [0.1, 0.15) is 43.4 Å². The van der Waals surface area contributed by atoms with Gasteiger partial charge in [-0.2, -0.15) is 0 Å². The number of carbonyl (C=O) groups excluding carboxylic acids is 1. The summed E-state index contributed by atoms with van der Waals surface area (Å²) in [6.07, 6.45) is 4.26. The fourth-order valence-corrected chi connectivity index (χ4v) is 5.81. The minimum Gasteiger partial charge on any atom is -0.469 e. The van der Waals surface area contributed by atoms with E-state index in [9.17, 15) is 4.79 Å². The summed E-state index contributed by atoms with van der Waals surface area (Å²) in [5.74, 6) is 0.257. The van der Waals surface area contributed by atoms with E-state index >= 15 is 0 Å². The van der Waals surface area contributed by atoms with Crippen LogP contribution in [-0.2, 0) is 19.0 Å². The van der Waals surface area contributed by atoms with Gasteiger partial charge in [0.05, 0.1) is 49.7 Å². The molecule has 3 heterocycles. The molecular weight excluding hydrogens is 414 g/mol. The van der Waals surface area contributed by atoms with Crippen LogP contribution < -0.4 is 5.32 Å². The fourth-order valence-electron chi connectivity index (χ4n) is 4.77. The zero-order chi connectivity index (χ0) is 21.4. The fraction of sp³-hybridized carbons (Fsp3) is 0.565. The molecule has 166 valence electrons. The monoisotopic (exact) mass is 443 g/mol. The van der Waals surface area contributed by atoms with E-state index in [1.54, 1.807) is 11.8 Å². The predicted octanol–water partition coefficient (Wildman–Crippen LogP) is 4.00. The molecule has 1 spiro atoms. The molecule has 8 heteroatoms. The first-order chi connectivity index (χ1) is 15.0. The third kappa shape index (κ3) is 4.33. The maximum absolute atomic E-state index is 11.6. The number of benzene rings is 1. The number of thioether (sulfide) groups is 1. The normalized spacial score (nSPS) is 23.4. The maximum Gasteiger partial charge on any atom is 0.307 e. The number of hydrogen-bond acceptors (Lipinski definition) is 7. The molecular formula is C23H29N3O4S. The van der Waals surface area contributed by atoms with Gasteiger partial charge in [-0.1, -0.05) is 0 Å². The number of aryl methyl sites for hydroxylation is 1. The number of anilines is 1. The number of methoxy groups -OCH3 is 1. The van der Waals surface area contributed by atoms with Crippen molar-refractivity contribution >= 4 is 39.4 Å². The molecule has 1 aromatic heterocycles. The summed E-state index contributed by atoms with van der Waals surface area (Å²) in [6.45, 7) is 3.55. The highest BCUT2D eigenvalue weighted by molar-refractivity contribution is 8.14. The summed E-state index contributed by atoms with van der Waals surface area (Å²) in [5, 5.41) is 5.90. The minimum atomic E-state index is -0.335. The Morgan fingerprint density at radius 1 is 1.29 bits per heavy atom. The molecule has 3 aliphatic rings. The van der Waals surface area contributed by atoms with E-state index in [4.69, 9.17) is 19.2 Å². The van der Waals surface area contributed by atoms with Crippen molar-refractivity contribution in [2.24, 2.45) is 4.99 Å². The zero-order valence-electron chi connectivity index (χ0n) is 18.0. The van der Waals surface area contributed by atoms with E-state index in [1.807, 2.05) is 0 Å². The Kier molecular flexibility index (Phi) is 5.71. The van der Waals surface area contributed by atoms with Crippen LogP contribution in [0.25, 0.3) is 10.9 Å². The quantitative estimate of drug-likeness (QED) is 0.680.